The third-order valence-electron chi connectivity index (χ3n) is 7.13. The second kappa shape index (κ2) is 10.3. The van der Waals surface area contributed by atoms with Crippen LogP contribution in [0.2, 0.25) is 13.1 Å². The van der Waals surface area contributed by atoms with Crippen LogP contribution in [0.3, 0.4) is 0 Å². The molecule has 0 bridgehead atoms. The Labute approximate surface area is 223 Å². The zero-order valence-electron chi connectivity index (χ0n) is 20.9. The van der Waals surface area contributed by atoms with Gasteiger partial charge in [-0.05, 0) is 17.9 Å². The van der Waals surface area contributed by atoms with Gasteiger partial charge in [-0.2, -0.15) is 0 Å². The summed E-state index contributed by atoms with van der Waals surface area (Å²) in [6.07, 6.45) is 1.08. The molecule has 5 rings (SSSR count). The van der Waals surface area contributed by atoms with Crippen LogP contribution in [0.4, 0.5) is 0 Å². The van der Waals surface area contributed by atoms with Crippen molar-refractivity contribution in [2.45, 2.75) is 39.3 Å². The Kier molecular flexibility index (Phi) is 8.07. The zero-order valence-corrected chi connectivity index (χ0v) is 21.9. The second-order valence-corrected chi connectivity index (χ2v) is 13.9. The maximum Gasteiger partial charge on any atom is 1.00 e. The first kappa shape index (κ1) is 25.9. The van der Waals surface area contributed by atoms with E-state index in [0.717, 1.165) is 6.42 Å². The summed E-state index contributed by atoms with van der Waals surface area (Å²) in [6, 6.07) is 33.9. The first-order valence-corrected chi connectivity index (χ1v) is 14.3. The monoisotopic (exact) mass is 432 g/mol. The molecule has 0 aliphatic carbocycles. The molecule has 5 aromatic carbocycles. The van der Waals surface area contributed by atoms with Gasteiger partial charge in [-0.3, -0.25) is 0 Å². The third kappa shape index (κ3) is 4.64. The molecule has 0 aliphatic heterocycles. The van der Waals surface area contributed by atoms with Crippen molar-refractivity contribution in [3.63, 3.8) is 0 Å². The molecule has 0 aliphatic rings. The van der Waals surface area contributed by atoms with Gasteiger partial charge in [0, 0.05) is 8.07 Å². The minimum absolute atomic E-state index is 0. The Hall–Kier alpha value is -1.71. The van der Waals surface area contributed by atoms with Crippen LogP contribution >= 0.6 is 0 Å². The molecule has 0 radical (unpaired) electrons. The van der Waals surface area contributed by atoms with E-state index in [-0.39, 0.29) is 37.7 Å². The Morgan fingerprint density at radius 1 is 0.727 bits per heavy atom. The van der Waals surface area contributed by atoms with Gasteiger partial charge in [-0.25, -0.2) is 0 Å². The molecule has 0 fully saturated rings. The van der Waals surface area contributed by atoms with E-state index in [1.165, 1.54) is 38.2 Å². The molecule has 3 heteroatoms. The summed E-state index contributed by atoms with van der Waals surface area (Å²) in [5.41, 5.74) is 4.32. The van der Waals surface area contributed by atoms with E-state index in [9.17, 15) is 0 Å². The second-order valence-electron chi connectivity index (χ2n) is 9.56. The molecule has 0 amide bonds. The summed E-state index contributed by atoms with van der Waals surface area (Å²) in [6.45, 7) is 9.67. The predicted molar refractivity (Wildman–Crippen MR) is 139 cm³/mol. The maximum atomic E-state index is 2.55. The van der Waals surface area contributed by atoms with Crippen molar-refractivity contribution in [1.82, 2.24) is 0 Å². The van der Waals surface area contributed by atoms with Gasteiger partial charge < -0.3 is 0 Å². The number of hydrogen-bond acceptors (Lipinski definition) is 0. The molecule has 0 saturated carbocycles. The van der Waals surface area contributed by atoms with Gasteiger partial charge >= 0.3 is 37.7 Å². The molecular formula is C30H30Li2Si. The zero-order chi connectivity index (χ0) is 21.6. The van der Waals surface area contributed by atoms with Gasteiger partial charge in [-0.15, -0.1) is 92.9 Å². The molecule has 5 aromatic rings. The van der Waals surface area contributed by atoms with E-state index in [4.69, 9.17) is 0 Å². The van der Waals surface area contributed by atoms with Crippen LogP contribution < -0.4 is 48.1 Å². The first-order valence-electron chi connectivity index (χ1n) is 11.3. The van der Waals surface area contributed by atoms with Crippen molar-refractivity contribution in [3.8, 4) is 0 Å². The Morgan fingerprint density at radius 3 is 1.94 bits per heavy atom. The minimum atomic E-state index is -1.87. The molecule has 0 spiro atoms. The van der Waals surface area contributed by atoms with Gasteiger partial charge in [0.15, 0.2) is 0 Å². The van der Waals surface area contributed by atoms with Crippen LogP contribution in [-0.4, -0.2) is 8.07 Å². The Balaban J connectivity index is 0.00000153. The first-order chi connectivity index (χ1) is 15.0. The molecule has 156 valence electrons. The van der Waals surface area contributed by atoms with E-state index in [1.807, 2.05) is 0 Å². The SMILES string of the molecule is Cc1cc([Si](C)(C)c2cc(CC(C)c3ccccc3)[c-]3ccccc23)c2cccc[c-]12.[Li+].[Li+]. The van der Waals surface area contributed by atoms with Gasteiger partial charge in [0.05, 0.1) is 0 Å². The van der Waals surface area contributed by atoms with E-state index >= 15 is 0 Å². The average Bonchev–Trinajstić information content (AvgIpc) is 3.34. The average molecular weight is 433 g/mol. The predicted octanol–water partition coefficient (Wildman–Crippen LogP) is 0.916. The van der Waals surface area contributed by atoms with Crippen LogP contribution in [0.25, 0.3) is 21.5 Å². The Morgan fingerprint density at radius 2 is 1.27 bits per heavy atom. The summed E-state index contributed by atoms with van der Waals surface area (Å²) < 4.78 is 0. The van der Waals surface area contributed by atoms with E-state index < -0.39 is 8.07 Å². The fraction of sp³-hybridized carbons (Fsp3) is 0.200. The van der Waals surface area contributed by atoms with Crippen LogP contribution in [-0.2, 0) is 6.42 Å². The smallest absolute Gasteiger partial charge is 0.148 e. The molecule has 1 atom stereocenters. The van der Waals surface area contributed by atoms with Crippen molar-refractivity contribution in [2.75, 3.05) is 0 Å². The van der Waals surface area contributed by atoms with Crippen molar-refractivity contribution < 1.29 is 37.7 Å². The number of rotatable bonds is 5. The molecule has 33 heavy (non-hydrogen) atoms. The fourth-order valence-electron chi connectivity index (χ4n) is 5.34. The molecule has 0 saturated heterocycles. The number of aryl methyl sites for hydroxylation is 1. The summed E-state index contributed by atoms with van der Waals surface area (Å²) in [4.78, 5) is 0. The molecular weight excluding hydrogens is 402 g/mol. The summed E-state index contributed by atoms with van der Waals surface area (Å²) >= 11 is 0. The van der Waals surface area contributed by atoms with Crippen LogP contribution in [0.1, 0.15) is 29.5 Å². The van der Waals surface area contributed by atoms with Crippen molar-refractivity contribution in [3.05, 3.63) is 108 Å². The van der Waals surface area contributed by atoms with Crippen LogP contribution in [0.15, 0.2) is 91.0 Å². The van der Waals surface area contributed by atoms with Gasteiger partial charge in [0.25, 0.3) is 0 Å². The minimum Gasteiger partial charge on any atom is -0.148 e. The van der Waals surface area contributed by atoms with Crippen LogP contribution in [0.5, 0.6) is 0 Å². The summed E-state index contributed by atoms with van der Waals surface area (Å²) in [5, 5.41) is 8.90. The largest absolute Gasteiger partial charge is 1.00 e. The molecule has 0 heterocycles. The normalized spacial score (nSPS) is 12.4. The van der Waals surface area contributed by atoms with Crippen molar-refractivity contribution in [1.29, 1.82) is 0 Å². The van der Waals surface area contributed by atoms with Crippen LogP contribution in [0, 0.1) is 6.92 Å². The molecule has 0 nitrogen and oxygen atoms in total. The van der Waals surface area contributed by atoms with Crippen molar-refractivity contribution in [2.24, 2.45) is 0 Å². The summed E-state index contributed by atoms with van der Waals surface area (Å²) in [5.74, 6) is 0.506. The van der Waals surface area contributed by atoms with E-state index in [2.05, 4.69) is 118 Å². The number of fused-ring (bicyclic) bond motifs is 2. The number of benzene rings is 3. The third-order valence-corrected chi connectivity index (χ3v) is 10.6. The molecule has 0 N–H and O–H groups in total. The van der Waals surface area contributed by atoms with Gasteiger partial charge in [-0.1, -0.05) is 68.0 Å². The van der Waals surface area contributed by atoms with Gasteiger partial charge in [0.2, 0.25) is 0 Å². The van der Waals surface area contributed by atoms with Crippen molar-refractivity contribution >= 4 is 40.0 Å². The van der Waals surface area contributed by atoms with E-state index in [0.29, 0.717) is 5.92 Å². The van der Waals surface area contributed by atoms with Gasteiger partial charge in [0.1, 0.15) is 0 Å². The quantitative estimate of drug-likeness (QED) is 0.286. The summed E-state index contributed by atoms with van der Waals surface area (Å²) in [7, 11) is -1.87. The molecule has 1 unspecified atom stereocenters. The molecule has 0 aromatic heterocycles. The van der Waals surface area contributed by atoms with E-state index in [1.54, 1.807) is 10.4 Å². The number of hydrogen-bond donors (Lipinski definition) is 0. The standard InChI is InChI=1S/C30H30Si.2Li/c1-21(23-12-6-5-7-13-23)18-24-20-30(28-17-11-9-15-26(24)28)31(3,4)29-19-22(2)25-14-8-10-16-27(25)29;;/h5-17,19-21H,18H2,1-4H3;;/q-2;2*+1. The maximum absolute atomic E-state index is 2.55. The topological polar surface area (TPSA) is 0 Å². The Bertz CT molecular complexity index is 1360. The fourth-order valence-corrected chi connectivity index (χ4v) is 8.52.